The molecule has 0 fully saturated rings. The first-order chi connectivity index (χ1) is 1.73. The standard InChI is InChI=1S/CH2OS2.Zn/c2-1(3)4;/h(H2,2,3,4);. The van der Waals surface area contributed by atoms with Gasteiger partial charge in [0.05, 0.1) is 0 Å². The Balaban J connectivity index is 0. The van der Waals surface area contributed by atoms with Crippen molar-refractivity contribution in [2.24, 2.45) is 0 Å². The summed E-state index contributed by atoms with van der Waals surface area (Å²) in [4.78, 5) is 9.17. The average molecular weight is 160 g/mol. The number of rotatable bonds is 0. The Morgan fingerprint density at radius 3 is 1.40 bits per heavy atom. The molecule has 0 spiro atoms. The van der Waals surface area contributed by atoms with Crippen LogP contribution in [-0.4, -0.2) is 4.45 Å². The quantitative estimate of drug-likeness (QED) is 0.398. The van der Waals surface area contributed by atoms with Gasteiger partial charge in [-0.2, -0.15) is 0 Å². The molecule has 0 amide bonds. The van der Waals surface area contributed by atoms with Crippen LogP contribution < -0.4 is 0 Å². The number of hydrogen-bond donors (Lipinski definition) is 2. The molecule has 4 heteroatoms. The maximum Gasteiger partial charge on any atom is 0.239 e. The Hall–Kier alpha value is 0.993. The second-order valence-corrected chi connectivity index (χ2v) is 1.45. The van der Waals surface area contributed by atoms with Gasteiger partial charge in [0.25, 0.3) is 0 Å². The van der Waals surface area contributed by atoms with Gasteiger partial charge < -0.3 is 0 Å². The second kappa shape index (κ2) is 4.99. The number of thiol groups is 2. The summed E-state index contributed by atoms with van der Waals surface area (Å²) >= 11 is 6.38. The fraction of sp³-hybridized carbons (Fsp3) is 0. The molecule has 0 saturated heterocycles. The van der Waals surface area contributed by atoms with E-state index in [1.54, 1.807) is 0 Å². The third kappa shape index (κ3) is 45.3. The molecule has 5 heavy (non-hydrogen) atoms. The van der Waals surface area contributed by atoms with Gasteiger partial charge in [-0.15, -0.1) is 0 Å². The van der Waals surface area contributed by atoms with Crippen LogP contribution in [0.1, 0.15) is 0 Å². The van der Waals surface area contributed by atoms with Crippen LogP contribution in [-0.2, 0) is 19.5 Å². The third-order valence-corrected chi connectivity index (χ3v) is 0. The van der Waals surface area contributed by atoms with Crippen molar-refractivity contribution in [1.82, 2.24) is 0 Å². The van der Waals surface area contributed by atoms with Gasteiger partial charge in [0, 0.05) is 19.5 Å². The van der Waals surface area contributed by atoms with Crippen LogP contribution in [0.25, 0.3) is 0 Å². The fourth-order valence-electron chi connectivity index (χ4n) is 0. The van der Waals surface area contributed by atoms with Crippen LogP contribution in [0.3, 0.4) is 0 Å². The van der Waals surface area contributed by atoms with Gasteiger partial charge in [0.15, 0.2) is 0 Å². The maximum absolute atomic E-state index is 9.17. The number of hydrogen-bond acceptors (Lipinski definition) is 1. The fourth-order valence-corrected chi connectivity index (χ4v) is 0. The molecule has 0 aromatic heterocycles. The van der Waals surface area contributed by atoms with Crippen LogP contribution >= 0.6 is 25.3 Å². The predicted molar refractivity (Wildman–Crippen MR) is 23.4 cm³/mol. The molecule has 0 N–H and O–H groups in total. The van der Waals surface area contributed by atoms with Crippen LogP contribution in [0.2, 0.25) is 0 Å². The molecule has 0 saturated carbocycles. The summed E-state index contributed by atoms with van der Waals surface area (Å²) in [6, 6.07) is 0. The average Bonchev–Trinajstić information content (AvgIpc) is 0.811. The van der Waals surface area contributed by atoms with Crippen LogP contribution in [0.15, 0.2) is 0 Å². The van der Waals surface area contributed by atoms with Gasteiger partial charge in [-0.05, 0) is 0 Å². The van der Waals surface area contributed by atoms with E-state index in [1.165, 1.54) is 0 Å². The summed E-state index contributed by atoms with van der Waals surface area (Å²) in [7, 11) is 0. The molecule has 0 aliphatic rings. The molecule has 0 aliphatic carbocycles. The summed E-state index contributed by atoms with van der Waals surface area (Å²) in [5.41, 5.74) is 0. The van der Waals surface area contributed by atoms with Gasteiger partial charge >= 0.3 is 0 Å². The largest absolute Gasteiger partial charge is 0.275 e. The molecule has 0 aromatic carbocycles. The minimum Gasteiger partial charge on any atom is -0.275 e. The number of carbonyl (C=O) groups is 1. The van der Waals surface area contributed by atoms with Gasteiger partial charge in [-0.3, -0.25) is 4.79 Å². The van der Waals surface area contributed by atoms with Crippen molar-refractivity contribution >= 4 is 29.7 Å². The summed E-state index contributed by atoms with van der Waals surface area (Å²) in [6.07, 6.45) is 0. The normalized spacial score (nSPS) is 5.20. The topological polar surface area (TPSA) is 17.1 Å². The zero-order chi connectivity index (χ0) is 3.58. The molecule has 26 valence electrons. The molecular weight excluding hydrogens is 158 g/mol. The van der Waals surface area contributed by atoms with E-state index in [-0.39, 0.29) is 19.5 Å². The Morgan fingerprint density at radius 2 is 1.40 bits per heavy atom. The van der Waals surface area contributed by atoms with E-state index in [2.05, 4.69) is 25.3 Å². The molecule has 0 radical (unpaired) electrons. The zero-order valence-corrected chi connectivity index (χ0v) is 7.27. The van der Waals surface area contributed by atoms with E-state index >= 15 is 0 Å². The smallest absolute Gasteiger partial charge is 0.239 e. The minimum absolute atomic E-state index is 0. The molecule has 0 heterocycles. The van der Waals surface area contributed by atoms with Crippen molar-refractivity contribution in [3.05, 3.63) is 0 Å². The van der Waals surface area contributed by atoms with Gasteiger partial charge in [-0.25, -0.2) is 0 Å². The molecule has 0 bridgehead atoms. The second-order valence-electron chi connectivity index (χ2n) is 0.283. The monoisotopic (exact) mass is 158 g/mol. The molecule has 1 nitrogen and oxygen atoms in total. The van der Waals surface area contributed by atoms with E-state index in [1.807, 2.05) is 0 Å². The minimum atomic E-state index is -0.444. The molecular formula is CH2OS2Zn. The Labute approximate surface area is 54.1 Å². The van der Waals surface area contributed by atoms with Crippen molar-refractivity contribution in [1.29, 1.82) is 0 Å². The molecule has 0 atom stereocenters. The number of carbonyl (C=O) groups excluding carboxylic acids is 1. The SMILES string of the molecule is O=C(S)S.[Zn]. The van der Waals surface area contributed by atoms with E-state index in [0.29, 0.717) is 0 Å². The Morgan fingerprint density at radius 1 is 1.40 bits per heavy atom. The Bertz CT molecular complexity index is 32.6. The summed E-state index contributed by atoms with van der Waals surface area (Å²) in [6.45, 7) is 0. The first-order valence-corrected chi connectivity index (χ1v) is 1.55. The van der Waals surface area contributed by atoms with Crippen molar-refractivity contribution in [2.45, 2.75) is 0 Å². The van der Waals surface area contributed by atoms with Crippen molar-refractivity contribution in [3.63, 3.8) is 0 Å². The molecule has 0 aliphatic heterocycles. The maximum atomic E-state index is 9.17. The zero-order valence-electron chi connectivity index (χ0n) is 2.51. The van der Waals surface area contributed by atoms with E-state index in [4.69, 9.17) is 0 Å². The molecule has 0 unspecified atom stereocenters. The summed E-state index contributed by atoms with van der Waals surface area (Å²) in [5.74, 6) is 0. The van der Waals surface area contributed by atoms with E-state index in [0.717, 1.165) is 0 Å². The van der Waals surface area contributed by atoms with Crippen LogP contribution in [0.4, 0.5) is 4.79 Å². The third-order valence-electron chi connectivity index (χ3n) is 0. The van der Waals surface area contributed by atoms with Crippen LogP contribution in [0, 0.1) is 0 Å². The van der Waals surface area contributed by atoms with Crippen molar-refractivity contribution in [2.75, 3.05) is 0 Å². The first-order valence-electron chi connectivity index (χ1n) is 0.651. The van der Waals surface area contributed by atoms with Gasteiger partial charge in [-0.1, -0.05) is 25.3 Å². The molecule has 0 aromatic rings. The predicted octanol–water partition coefficient (Wildman–Crippen LogP) is 0.963. The van der Waals surface area contributed by atoms with E-state index in [9.17, 15) is 4.79 Å². The van der Waals surface area contributed by atoms with Gasteiger partial charge in [0.2, 0.25) is 4.45 Å². The Kier molecular flexibility index (Phi) is 9.36. The summed E-state index contributed by atoms with van der Waals surface area (Å²) in [5, 5.41) is 0. The van der Waals surface area contributed by atoms with Crippen molar-refractivity contribution in [3.8, 4) is 0 Å². The van der Waals surface area contributed by atoms with Crippen molar-refractivity contribution < 1.29 is 24.3 Å². The van der Waals surface area contributed by atoms with E-state index < -0.39 is 4.45 Å². The van der Waals surface area contributed by atoms with Gasteiger partial charge in [0.1, 0.15) is 0 Å². The summed E-state index contributed by atoms with van der Waals surface area (Å²) < 4.78 is -0.444. The molecule has 0 rings (SSSR count). The first kappa shape index (κ1) is 9.37. The van der Waals surface area contributed by atoms with Crippen LogP contribution in [0.5, 0.6) is 0 Å².